The van der Waals surface area contributed by atoms with Gasteiger partial charge in [-0.05, 0) is 47.5 Å². The lowest BCUT2D eigenvalue weighted by Gasteiger charge is -2.08. The van der Waals surface area contributed by atoms with Crippen molar-refractivity contribution in [2.45, 2.75) is 0 Å². The maximum absolute atomic E-state index is 5.47. The van der Waals surface area contributed by atoms with Gasteiger partial charge in [0.15, 0.2) is 11.5 Å². The third-order valence-electron chi connectivity index (χ3n) is 4.26. The highest BCUT2D eigenvalue weighted by Gasteiger charge is 2.13. The molecule has 0 atom stereocenters. The lowest BCUT2D eigenvalue weighted by molar-refractivity contribution is 0.416. The standard InChI is InChI=1S/C20H18N4O.ClH/c1-21-16-10-7-14(8-11-16)15-9-12-19-22-23-20(24(19)13-15)17-5-3-4-6-18(17)25-2;/h3-13,21H,1-2H3;1H. The van der Waals surface area contributed by atoms with Gasteiger partial charge in [0.1, 0.15) is 5.75 Å². The van der Waals surface area contributed by atoms with Crippen molar-refractivity contribution >= 4 is 23.7 Å². The SMILES string of the molecule is CNc1ccc(-c2ccc3nnc(-c4ccccc4OC)n3c2)cc1.Cl. The summed E-state index contributed by atoms with van der Waals surface area (Å²) in [5, 5.41) is 11.8. The molecule has 0 bridgehead atoms. The third kappa shape index (κ3) is 3.09. The van der Waals surface area contributed by atoms with E-state index >= 15 is 0 Å². The van der Waals surface area contributed by atoms with Gasteiger partial charge in [-0.1, -0.05) is 24.3 Å². The zero-order chi connectivity index (χ0) is 17.2. The Morgan fingerprint density at radius 1 is 0.885 bits per heavy atom. The number of hydrogen-bond acceptors (Lipinski definition) is 4. The molecule has 6 heteroatoms. The smallest absolute Gasteiger partial charge is 0.172 e. The number of nitrogens with one attached hydrogen (secondary N) is 1. The van der Waals surface area contributed by atoms with Gasteiger partial charge in [-0.2, -0.15) is 0 Å². The summed E-state index contributed by atoms with van der Waals surface area (Å²) in [6.07, 6.45) is 2.06. The van der Waals surface area contributed by atoms with Crippen LogP contribution < -0.4 is 10.1 Å². The number of aromatic nitrogens is 3. The highest BCUT2D eigenvalue weighted by Crippen LogP contribution is 2.30. The zero-order valence-electron chi connectivity index (χ0n) is 14.5. The van der Waals surface area contributed by atoms with Crippen LogP contribution in [0.1, 0.15) is 0 Å². The second-order valence-corrected chi connectivity index (χ2v) is 5.70. The van der Waals surface area contributed by atoms with Gasteiger partial charge in [0.05, 0.1) is 12.7 Å². The van der Waals surface area contributed by atoms with Crippen molar-refractivity contribution in [2.24, 2.45) is 0 Å². The first-order valence-electron chi connectivity index (χ1n) is 8.06. The Morgan fingerprint density at radius 3 is 2.35 bits per heavy atom. The Hall–Kier alpha value is -3.05. The van der Waals surface area contributed by atoms with Crippen molar-refractivity contribution in [3.8, 4) is 28.3 Å². The zero-order valence-corrected chi connectivity index (χ0v) is 15.3. The monoisotopic (exact) mass is 366 g/mol. The second-order valence-electron chi connectivity index (χ2n) is 5.70. The maximum atomic E-state index is 5.47. The highest BCUT2D eigenvalue weighted by molar-refractivity contribution is 5.85. The van der Waals surface area contributed by atoms with Gasteiger partial charge < -0.3 is 10.1 Å². The third-order valence-corrected chi connectivity index (χ3v) is 4.26. The fourth-order valence-corrected chi connectivity index (χ4v) is 2.90. The number of pyridine rings is 1. The Balaban J connectivity index is 0.00000196. The van der Waals surface area contributed by atoms with Crippen molar-refractivity contribution in [1.29, 1.82) is 0 Å². The molecule has 0 aliphatic heterocycles. The molecule has 0 spiro atoms. The maximum Gasteiger partial charge on any atom is 0.172 e. The number of fused-ring (bicyclic) bond motifs is 1. The summed E-state index contributed by atoms with van der Waals surface area (Å²) in [5.74, 6) is 1.54. The second kappa shape index (κ2) is 7.45. The van der Waals surface area contributed by atoms with Crippen molar-refractivity contribution in [3.63, 3.8) is 0 Å². The topological polar surface area (TPSA) is 51.5 Å². The summed E-state index contributed by atoms with van der Waals surface area (Å²) in [6, 6.07) is 20.2. The first-order chi connectivity index (χ1) is 12.3. The van der Waals surface area contributed by atoms with E-state index in [1.54, 1.807) is 7.11 Å². The Morgan fingerprint density at radius 2 is 1.62 bits per heavy atom. The number of benzene rings is 2. The molecule has 0 saturated heterocycles. The minimum Gasteiger partial charge on any atom is -0.496 e. The van der Waals surface area contributed by atoms with Gasteiger partial charge in [0.2, 0.25) is 0 Å². The summed E-state index contributed by atoms with van der Waals surface area (Å²) < 4.78 is 7.47. The van der Waals surface area contributed by atoms with Gasteiger partial charge in [-0.3, -0.25) is 4.40 Å². The van der Waals surface area contributed by atoms with E-state index in [-0.39, 0.29) is 12.4 Å². The van der Waals surface area contributed by atoms with Crippen LogP contribution in [0, 0.1) is 0 Å². The van der Waals surface area contributed by atoms with Crippen molar-refractivity contribution in [2.75, 3.05) is 19.5 Å². The molecule has 0 fully saturated rings. The molecule has 132 valence electrons. The first kappa shape index (κ1) is 17.8. The van der Waals surface area contributed by atoms with Crippen molar-refractivity contribution in [3.05, 3.63) is 66.9 Å². The molecule has 0 saturated carbocycles. The molecule has 0 radical (unpaired) electrons. The lowest BCUT2D eigenvalue weighted by atomic mass is 10.1. The van der Waals surface area contributed by atoms with Crippen LogP contribution in [0.4, 0.5) is 5.69 Å². The van der Waals surface area contributed by atoms with Crippen molar-refractivity contribution in [1.82, 2.24) is 14.6 Å². The molecule has 1 N–H and O–H groups in total. The molecule has 0 aliphatic rings. The van der Waals surface area contributed by atoms with E-state index in [9.17, 15) is 0 Å². The van der Waals surface area contributed by atoms with Gasteiger partial charge in [0.25, 0.3) is 0 Å². The fraction of sp³-hybridized carbons (Fsp3) is 0.100. The van der Waals surface area contributed by atoms with E-state index in [0.29, 0.717) is 0 Å². The molecule has 2 aromatic heterocycles. The highest BCUT2D eigenvalue weighted by atomic mass is 35.5. The average Bonchev–Trinajstić information content (AvgIpc) is 3.11. The minimum atomic E-state index is 0. The predicted octanol–water partition coefficient (Wildman–Crippen LogP) is 4.54. The molecule has 0 unspecified atom stereocenters. The fourth-order valence-electron chi connectivity index (χ4n) is 2.90. The summed E-state index contributed by atoms with van der Waals surface area (Å²) in [4.78, 5) is 0. The summed E-state index contributed by atoms with van der Waals surface area (Å²) in [5.41, 5.74) is 5.05. The summed E-state index contributed by atoms with van der Waals surface area (Å²) in [6.45, 7) is 0. The summed E-state index contributed by atoms with van der Waals surface area (Å²) >= 11 is 0. The van der Waals surface area contributed by atoms with Gasteiger partial charge in [0, 0.05) is 18.9 Å². The van der Waals surface area contributed by atoms with Crippen LogP contribution >= 0.6 is 12.4 Å². The number of anilines is 1. The van der Waals surface area contributed by atoms with Crippen LogP contribution in [0.15, 0.2) is 66.9 Å². The number of hydrogen-bond donors (Lipinski definition) is 1. The molecule has 4 rings (SSSR count). The van der Waals surface area contributed by atoms with E-state index in [1.165, 1.54) is 0 Å². The van der Waals surface area contributed by atoms with Gasteiger partial charge in [-0.15, -0.1) is 22.6 Å². The molecular formula is C20H19ClN4O. The van der Waals surface area contributed by atoms with Crippen LogP contribution in [0.3, 0.4) is 0 Å². The Labute approximate surface area is 158 Å². The minimum absolute atomic E-state index is 0. The summed E-state index contributed by atoms with van der Waals surface area (Å²) in [7, 11) is 3.58. The number of para-hydroxylation sites is 1. The van der Waals surface area contributed by atoms with Crippen LogP contribution in [0.2, 0.25) is 0 Å². The number of methoxy groups -OCH3 is 1. The quantitative estimate of drug-likeness (QED) is 0.576. The Kier molecular flexibility index (Phi) is 5.09. The molecular weight excluding hydrogens is 348 g/mol. The Bertz CT molecular complexity index is 1030. The molecule has 0 amide bonds. The van der Waals surface area contributed by atoms with E-state index in [1.807, 2.05) is 41.8 Å². The number of nitrogens with zero attached hydrogens (tertiary/aromatic N) is 3. The first-order valence-corrected chi connectivity index (χ1v) is 8.06. The van der Waals surface area contributed by atoms with E-state index in [4.69, 9.17) is 4.74 Å². The molecule has 26 heavy (non-hydrogen) atoms. The largest absolute Gasteiger partial charge is 0.496 e. The number of rotatable bonds is 4. The molecule has 4 aromatic rings. The lowest BCUT2D eigenvalue weighted by Crippen LogP contribution is -1.94. The van der Waals surface area contributed by atoms with E-state index < -0.39 is 0 Å². The molecule has 0 aliphatic carbocycles. The van der Waals surface area contributed by atoms with E-state index in [2.05, 4.69) is 52.0 Å². The average molecular weight is 367 g/mol. The van der Waals surface area contributed by atoms with Crippen molar-refractivity contribution < 1.29 is 4.74 Å². The van der Waals surface area contributed by atoms with Crippen LogP contribution in [-0.4, -0.2) is 28.8 Å². The molecule has 2 aromatic carbocycles. The van der Waals surface area contributed by atoms with Crippen LogP contribution in [-0.2, 0) is 0 Å². The van der Waals surface area contributed by atoms with Crippen LogP contribution in [0.5, 0.6) is 5.75 Å². The van der Waals surface area contributed by atoms with Gasteiger partial charge in [-0.25, -0.2) is 0 Å². The molecule has 5 nitrogen and oxygen atoms in total. The number of halogens is 1. The van der Waals surface area contributed by atoms with Gasteiger partial charge >= 0.3 is 0 Å². The molecule has 2 heterocycles. The predicted molar refractivity (Wildman–Crippen MR) is 107 cm³/mol. The van der Waals surface area contributed by atoms with Crippen LogP contribution in [0.25, 0.3) is 28.2 Å². The normalized spacial score (nSPS) is 10.4. The van der Waals surface area contributed by atoms with E-state index in [0.717, 1.165) is 39.6 Å². The number of ether oxygens (including phenoxy) is 1.